The molecular formula is C23H30N2O4S. The van der Waals surface area contributed by atoms with Crippen molar-refractivity contribution in [2.24, 2.45) is 0 Å². The summed E-state index contributed by atoms with van der Waals surface area (Å²) in [6, 6.07) is 13.1. The Morgan fingerprint density at radius 3 is 2.53 bits per heavy atom. The number of hydrogen-bond donors (Lipinski definition) is 1. The van der Waals surface area contributed by atoms with Crippen molar-refractivity contribution in [2.75, 3.05) is 19.7 Å². The van der Waals surface area contributed by atoms with Gasteiger partial charge in [0.15, 0.2) is 6.61 Å². The van der Waals surface area contributed by atoms with Gasteiger partial charge in [-0.05, 0) is 61.9 Å². The van der Waals surface area contributed by atoms with Crippen LogP contribution in [0.15, 0.2) is 47.4 Å². The number of para-hydroxylation sites is 1. The van der Waals surface area contributed by atoms with Crippen molar-refractivity contribution in [1.29, 1.82) is 0 Å². The Morgan fingerprint density at radius 1 is 1.13 bits per heavy atom. The summed E-state index contributed by atoms with van der Waals surface area (Å²) in [7, 11) is -3.53. The van der Waals surface area contributed by atoms with Crippen molar-refractivity contribution < 1.29 is 17.9 Å². The normalized spacial score (nSPS) is 15.7. The molecule has 0 atom stereocenters. The van der Waals surface area contributed by atoms with Crippen LogP contribution < -0.4 is 10.1 Å². The minimum atomic E-state index is -3.53. The minimum Gasteiger partial charge on any atom is -0.483 e. The first-order chi connectivity index (χ1) is 14.3. The van der Waals surface area contributed by atoms with Gasteiger partial charge in [0.05, 0.1) is 4.90 Å². The molecule has 2 aromatic rings. The molecule has 0 saturated carbocycles. The number of piperidine rings is 1. The van der Waals surface area contributed by atoms with Gasteiger partial charge in [0, 0.05) is 19.1 Å². The van der Waals surface area contributed by atoms with E-state index in [1.807, 2.05) is 57.2 Å². The van der Waals surface area contributed by atoms with Crippen molar-refractivity contribution >= 4 is 15.9 Å². The molecule has 1 N–H and O–H groups in total. The molecule has 7 heteroatoms. The number of sulfonamides is 1. The Bertz CT molecular complexity index is 996. The number of carbonyl (C=O) groups is 1. The monoisotopic (exact) mass is 430 g/mol. The van der Waals surface area contributed by atoms with E-state index < -0.39 is 10.0 Å². The van der Waals surface area contributed by atoms with Gasteiger partial charge in [-0.25, -0.2) is 8.42 Å². The number of rotatable bonds is 7. The molecule has 1 aliphatic heterocycles. The van der Waals surface area contributed by atoms with Crippen LogP contribution in [0.5, 0.6) is 5.75 Å². The number of hydrogen-bond acceptors (Lipinski definition) is 4. The fraction of sp³-hybridized carbons (Fsp3) is 0.435. The van der Waals surface area contributed by atoms with Crippen LogP contribution in [0.25, 0.3) is 0 Å². The van der Waals surface area contributed by atoms with Crippen LogP contribution in [0, 0.1) is 13.8 Å². The van der Waals surface area contributed by atoms with Gasteiger partial charge >= 0.3 is 0 Å². The highest BCUT2D eigenvalue weighted by Gasteiger charge is 2.31. The van der Waals surface area contributed by atoms with Crippen molar-refractivity contribution in [2.45, 2.75) is 51.0 Å². The highest BCUT2D eigenvalue weighted by molar-refractivity contribution is 7.89. The molecule has 1 fully saturated rings. The van der Waals surface area contributed by atoms with Crippen LogP contribution in [0.3, 0.4) is 0 Å². The smallest absolute Gasteiger partial charge is 0.258 e. The molecule has 6 nitrogen and oxygen atoms in total. The maximum absolute atomic E-state index is 13.0. The first-order valence-electron chi connectivity index (χ1n) is 10.4. The lowest BCUT2D eigenvalue weighted by Crippen LogP contribution is -2.47. The Morgan fingerprint density at radius 2 is 1.83 bits per heavy atom. The van der Waals surface area contributed by atoms with E-state index in [0.29, 0.717) is 30.8 Å². The third kappa shape index (κ3) is 5.21. The Balaban J connectivity index is 1.53. The summed E-state index contributed by atoms with van der Waals surface area (Å²) in [6.45, 7) is 6.48. The standard InChI is InChI=1S/C23H30N2O4S/c1-4-19-7-5-6-8-21(19)29-16-23(26)24-20-11-13-25(14-12-20)30(27,28)22-15-17(2)9-10-18(22)3/h5-10,15,20H,4,11-14,16H2,1-3H3,(H,24,26). The molecule has 0 radical (unpaired) electrons. The van der Waals surface area contributed by atoms with E-state index in [1.54, 1.807) is 6.07 Å². The predicted octanol–water partition coefficient (Wildman–Crippen LogP) is 3.21. The zero-order valence-electron chi connectivity index (χ0n) is 17.8. The number of aryl methyl sites for hydroxylation is 3. The van der Waals surface area contributed by atoms with Gasteiger partial charge in [0.25, 0.3) is 5.91 Å². The molecule has 1 amide bonds. The highest BCUT2D eigenvalue weighted by Crippen LogP contribution is 2.24. The summed E-state index contributed by atoms with van der Waals surface area (Å²) in [5, 5.41) is 2.97. The summed E-state index contributed by atoms with van der Waals surface area (Å²) in [4.78, 5) is 12.7. The molecule has 0 spiro atoms. The van der Waals surface area contributed by atoms with E-state index in [0.717, 1.165) is 28.9 Å². The third-order valence-corrected chi connectivity index (χ3v) is 7.53. The van der Waals surface area contributed by atoms with Crippen LogP contribution in [-0.2, 0) is 21.2 Å². The molecule has 1 saturated heterocycles. The molecule has 2 aromatic carbocycles. The first-order valence-corrected chi connectivity index (χ1v) is 11.8. The number of carbonyl (C=O) groups excluding carboxylic acids is 1. The lowest BCUT2D eigenvalue weighted by molar-refractivity contribution is -0.124. The highest BCUT2D eigenvalue weighted by atomic mass is 32.2. The number of benzene rings is 2. The zero-order chi connectivity index (χ0) is 21.7. The summed E-state index contributed by atoms with van der Waals surface area (Å²) in [5.74, 6) is 0.543. The quantitative estimate of drug-likeness (QED) is 0.732. The maximum atomic E-state index is 13.0. The molecule has 0 bridgehead atoms. The second-order valence-electron chi connectivity index (χ2n) is 7.76. The van der Waals surface area contributed by atoms with Gasteiger partial charge in [-0.3, -0.25) is 4.79 Å². The third-order valence-electron chi connectivity index (χ3n) is 5.49. The molecular weight excluding hydrogens is 400 g/mol. The fourth-order valence-corrected chi connectivity index (χ4v) is 5.49. The number of nitrogens with zero attached hydrogens (tertiary/aromatic N) is 1. The summed E-state index contributed by atoms with van der Waals surface area (Å²) in [5.41, 5.74) is 2.74. The predicted molar refractivity (Wildman–Crippen MR) is 117 cm³/mol. The van der Waals surface area contributed by atoms with Crippen LogP contribution in [-0.4, -0.2) is 44.4 Å². The molecule has 0 unspecified atom stereocenters. The maximum Gasteiger partial charge on any atom is 0.258 e. The lowest BCUT2D eigenvalue weighted by Gasteiger charge is -2.32. The van der Waals surface area contributed by atoms with Crippen molar-refractivity contribution in [1.82, 2.24) is 9.62 Å². The largest absolute Gasteiger partial charge is 0.483 e. The Labute approximate surface area is 179 Å². The average molecular weight is 431 g/mol. The molecule has 1 aliphatic rings. The second kappa shape index (κ2) is 9.62. The number of amides is 1. The van der Waals surface area contributed by atoms with Crippen LogP contribution >= 0.6 is 0 Å². The Hall–Kier alpha value is -2.38. The van der Waals surface area contributed by atoms with Gasteiger partial charge in [0.2, 0.25) is 10.0 Å². The van der Waals surface area contributed by atoms with E-state index in [1.165, 1.54) is 4.31 Å². The lowest BCUT2D eigenvalue weighted by atomic mass is 10.1. The molecule has 30 heavy (non-hydrogen) atoms. The van der Waals surface area contributed by atoms with Crippen molar-refractivity contribution in [3.63, 3.8) is 0 Å². The van der Waals surface area contributed by atoms with Crippen LogP contribution in [0.4, 0.5) is 0 Å². The molecule has 0 aliphatic carbocycles. The van der Waals surface area contributed by atoms with Crippen molar-refractivity contribution in [3.05, 3.63) is 59.2 Å². The van der Waals surface area contributed by atoms with E-state index in [2.05, 4.69) is 5.32 Å². The summed E-state index contributed by atoms with van der Waals surface area (Å²) in [6.07, 6.45) is 2.01. The van der Waals surface area contributed by atoms with Crippen molar-refractivity contribution in [3.8, 4) is 5.75 Å². The van der Waals surface area contributed by atoms with Gasteiger partial charge in [-0.15, -0.1) is 0 Å². The minimum absolute atomic E-state index is 0.0436. The van der Waals surface area contributed by atoms with E-state index >= 15 is 0 Å². The number of ether oxygens (including phenoxy) is 1. The Kier molecular flexibility index (Phi) is 7.15. The summed E-state index contributed by atoms with van der Waals surface area (Å²) >= 11 is 0. The van der Waals surface area contributed by atoms with E-state index in [-0.39, 0.29) is 18.6 Å². The van der Waals surface area contributed by atoms with Gasteiger partial charge in [-0.1, -0.05) is 37.3 Å². The number of nitrogens with one attached hydrogen (secondary N) is 1. The SMILES string of the molecule is CCc1ccccc1OCC(=O)NC1CCN(S(=O)(=O)c2cc(C)ccc2C)CC1. The fourth-order valence-electron chi connectivity index (χ4n) is 3.71. The second-order valence-corrected chi connectivity index (χ2v) is 9.67. The molecule has 3 rings (SSSR count). The van der Waals surface area contributed by atoms with Crippen LogP contribution in [0.2, 0.25) is 0 Å². The van der Waals surface area contributed by atoms with Crippen LogP contribution in [0.1, 0.15) is 36.5 Å². The summed E-state index contributed by atoms with van der Waals surface area (Å²) < 4.78 is 33.2. The zero-order valence-corrected chi connectivity index (χ0v) is 18.7. The average Bonchev–Trinajstić information content (AvgIpc) is 2.74. The van der Waals surface area contributed by atoms with Gasteiger partial charge in [0.1, 0.15) is 5.75 Å². The van der Waals surface area contributed by atoms with E-state index in [9.17, 15) is 13.2 Å². The molecule has 1 heterocycles. The van der Waals surface area contributed by atoms with E-state index in [4.69, 9.17) is 4.74 Å². The first kappa shape index (κ1) is 22.3. The molecule has 0 aromatic heterocycles. The topological polar surface area (TPSA) is 75.7 Å². The van der Waals surface area contributed by atoms with Gasteiger partial charge < -0.3 is 10.1 Å². The van der Waals surface area contributed by atoms with Gasteiger partial charge in [-0.2, -0.15) is 4.31 Å². The molecule has 162 valence electrons.